The van der Waals surface area contributed by atoms with E-state index in [4.69, 9.17) is 14.5 Å². The number of methoxy groups -OCH3 is 1. The Morgan fingerprint density at radius 1 is 1.38 bits per heavy atom. The maximum atomic E-state index is 13.9. The Morgan fingerprint density at radius 2 is 2.15 bits per heavy atom. The van der Waals surface area contributed by atoms with Crippen molar-refractivity contribution in [2.45, 2.75) is 70.4 Å². The fourth-order valence-electron chi connectivity index (χ4n) is 4.74. The minimum atomic E-state index is -4.48. The van der Waals surface area contributed by atoms with Crippen LogP contribution in [-0.4, -0.2) is 65.9 Å². The third-order valence-electron chi connectivity index (χ3n) is 6.60. The number of hydrogen-bond acceptors (Lipinski definition) is 5. The number of aromatic nitrogens is 2. The number of ether oxygens (including phenoxy) is 2. The normalized spacial score (nSPS) is 20.0. The number of carbonyl (C=O) groups is 1. The number of carbonyl (C=O) groups excluding carboxylic acids is 1. The van der Waals surface area contributed by atoms with Crippen LogP contribution in [0.25, 0.3) is 10.9 Å². The molecule has 2 aromatic heterocycles. The SMILES string of the molecule is CCc1nc([C@@H](C)N(C(=O)[C@H]2CNCCO2)C2CC2)cc2c1cc(C(F)(F)F)n2CCCOC. The van der Waals surface area contributed by atoms with Crippen LogP contribution in [0.15, 0.2) is 12.1 Å². The number of fused-ring (bicyclic) bond motifs is 1. The molecule has 2 aliphatic rings. The number of aryl methyl sites for hydroxylation is 2. The second kappa shape index (κ2) is 10.2. The molecule has 1 aliphatic heterocycles. The van der Waals surface area contributed by atoms with Crippen molar-refractivity contribution in [3.8, 4) is 0 Å². The van der Waals surface area contributed by atoms with Crippen LogP contribution in [0, 0.1) is 0 Å². The first kappa shape index (κ1) is 24.9. The van der Waals surface area contributed by atoms with Gasteiger partial charge in [-0.1, -0.05) is 6.92 Å². The number of rotatable bonds is 9. The Hall–Kier alpha value is -2.17. The van der Waals surface area contributed by atoms with Crippen molar-refractivity contribution in [3.05, 3.63) is 29.2 Å². The van der Waals surface area contributed by atoms with Crippen LogP contribution < -0.4 is 5.32 Å². The molecule has 0 unspecified atom stereocenters. The number of alkyl halides is 3. The highest BCUT2D eigenvalue weighted by Crippen LogP contribution is 2.39. The Kier molecular flexibility index (Phi) is 7.49. The summed E-state index contributed by atoms with van der Waals surface area (Å²) < 4.78 is 53.8. The van der Waals surface area contributed by atoms with Crippen LogP contribution in [-0.2, 0) is 33.4 Å². The molecule has 1 N–H and O–H groups in total. The first-order valence-electron chi connectivity index (χ1n) is 12.0. The molecular formula is C24H33F3N4O3. The molecule has 2 fully saturated rings. The highest BCUT2D eigenvalue weighted by Gasteiger charge is 2.41. The van der Waals surface area contributed by atoms with Gasteiger partial charge in [0, 0.05) is 50.5 Å². The predicted molar refractivity (Wildman–Crippen MR) is 121 cm³/mol. The van der Waals surface area contributed by atoms with E-state index in [1.165, 1.54) is 17.7 Å². The van der Waals surface area contributed by atoms with E-state index < -0.39 is 18.0 Å². The molecule has 7 nitrogen and oxygen atoms in total. The second-order valence-electron chi connectivity index (χ2n) is 9.02. The molecular weight excluding hydrogens is 449 g/mol. The summed E-state index contributed by atoms with van der Waals surface area (Å²) in [7, 11) is 1.53. The fourth-order valence-corrected chi connectivity index (χ4v) is 4.74. The van der Waals surface area contributed by atoms with E-state index in [2.05, 4.69) is 5.32 Å². The van der Waals surface area contributed by atoms with Crippen LogP contribution >= 0.6 is 0 Å². The first-order valence-corrected chi connectivity index (χ1v) is 12.0. The largest absolute Gasteiger partial charge is 0.431 e. The molecule has 34 heavy (non-hydrogen) atoms. The lowest BCUT2D eigenvalue weighted by atomic mass is 10.1. The van der Waals surface area contributed by atoms with Gasteiger partial charge in [-0.05, 0) is 44.7 Å². The van der Waals surface area contributed by atoms with Crippen LogP contribution in [0.1, 0.15) is 56.2 Å². The van der Waals surface area contributed by atoms with Gasteiger partial charge in [0.05, 0.1) is 23.9 Å². The molecule has 1 aliphatic carbocycles. The van der Waals surface area contributed by atoms with Gasteiger partial charge >= 0.3 is 6.18 Å². The van der Waals surface area contributed by atoms with Crippen molar-refractivity contribution in [3.63, 3.8) is 0 Å². The van der Waals surface area contributed by atoms with Crippen molar-refractivity contribution < 1.29 is 27.4 Å². The standard InChI is InChI=1S/C24H33F3N4O3/c1-4-18-17-12-22(24(25,26)27)30(9-5-10-33-3)20(17)13-19(29-18)15(2)31(16-6-7-16)23(32)21-14-28-8-11-34-21/h12-13,15-16,21,28H,4-11,14H2,1-3H3/t15-,21-/m1/s1. The summed E-state index contributed by atoms with van der Waals surface area (Å²) in [4.78, 5) is 19.9. The van der Waals surface area contributed by atoms with E-state index in [0.29, 0.717) is 61.4 Å². The van der Waals surface area contributed by atoms with E-state index >= 15 is 0 Å². The number of halogens is 3. The lowest BCUT2D eigenvalue weighted by molar-refractivity contribution is -0.148. The molecule has 0 aromatic carbocycles. The van der Waals surface area contributed by atoms with E-state index in [0.717, 1.165) is 12.8 Å². The van der Waals surface area contributed by atoms with E-state index in [1.54, 1.807) is 6.07 Å². The molecule has 3 heterocycles. The average molecular weight is 483 g/mol. The second-order valence-corrected chi connectivity index (χ2v) is 9.02. The van der Waals surface area contributed by atoms with Gasteiger partial charge in [-0.2, -0.15) is 13.2 Å². The summed E-state index contributed by atoms with van der Waals surface area (Å²) >= 11 is 0. The van der Waals surface area contributed by atoms with Gasteiger partial charge in [-0.25, -0.2) is 0 Å². The minimum absolute atomic E-state index is 0.0893. The van der Waals surface area contributed by atoms with Crippen molar-refractivity contribution in [1.29, 1.82) is 0 Å². The highest BCUT2D eigenvalue weighted by molar-refractivity contribution is 5.85. The van der Waals surface area contributed by atoms with Crippen LogP contribution in [0.3, 0.4) is 0 Å². The summed E-state index contributed by atoms with van der Waals surface area (Å²) in [6.45, 7) is 5.98. The molecule has 188 valence electrons. The minimum Gasteiger partial charge on any atom is -0.385 e. The van der Waals surface area contributed by atoms with E-state index in [1.807, 2.05) is 18.7 Å². The molecule has 0 bridgehead atoms. The van der Waals surface area contributed by atoms with Gasteiger partial charge in [0.2, 0.25) is 0 Å². The van der Waals surface area contributed by atoms with Crippen molar-refractivity contribution >= 4 is 16.8 Å². The zero-order valence-corrected chi connectivity index (χ0v) is 20.0. The number of nitrogens with one attached hydrogen (secondary N) is 1. The maximum absolute atomic E-state index is 13.9. The van der Waals surface area contributed by atoms with Crippen molar-refractivity contribution in [2.24, 2.45) is 0 Å². The summed E-state index contributed by atoms with van der Waals surface area (Å²) in [6, 6.07) is 2.66. The molecule has 4 rings (SSSR count). The Labute approximate surface area is 197 Å². The van der Waals surface area contributed by atoms with Gasteiger partial charge < -0.3 is 24.3 Å². The van der Waals surface area contributed by atoms with Gasteiger partial charge in [0.25, 0.3) is 5.91 Å². The molecule has 2 aromatic rings. The third-order valence-corrected chi connectivity index (χ3v) is 6.60. The maximum Gasteiger partial charge on any atom is 0.431 e. The lowest BCUT2D eigenvalue weighted by Crippen LogP contribution is -2.50. The number of hydrogen-bond donors (Lipinski definition) is 1. The lowest BCUT2D eigenvalue weighted by Gasteiger charge is -2.34. The van der Waals surface area contributed by atoms with Gasteiger partial charge in [-0.15, -0.1) is 0 Å². The topological polar surface area (TPSA) is 68.6 Å². The summed E-state index contributed by atoms with van der Waals surface area (Å²) in [6.07, 6.45) is -2.28. The molecule has 0 spiro atoms. The number of pyridine rings is 1. The quantitative estimate of drug-likeness (QED) is 0.552. The molecule has 1 saturated carbocycles. The van der Waals surface area contributed by atoms with E-state index in [9.17, 15) is 18.0 Å². The first-order chi connectivity index (χ1) is 16.3. The highest BCUT2D eigenvalue weighted by atomic mass is 19.4. The third kappa shape index (κ3) is 5.08. The molecule has 2 atom stereocenters. The molecule has 1 saturated heterocycles. The smallest absolute Gasteiger partial charge is 0.385 e. The van der Waals surface area contributed by atoms with Gasteiger partial charge in [0.1, 0.15) is 11.8 Å². The molecule has 1 amide bonds. The summed E-state index contributed by atoms with van der Waals surface area (Å²) in [5.41, 5.74) is 1.02. The van der Waals surface area contributed by atoms with Gasteiger partial charge in [-0.3, -0.25) is 9.78 Å². The Balaban J connectivity index is 1.75. The van der Waals surface area contributed by atoms with Crippen LogP contribution in [0.5, 0.6) is 0 Å². The number of nitrogens with zero attached hydrogens (tertiary/aromatic N) is 3. The number of amides is 1. The van der Waals surface area contributed by atoms with Crippen molar-refractivity contribution in [2.75, 3.05) is 33.4 Å². The monoisotopic (exact) mass is 482 g/mol. The van der Waals surface area contributed by atoms with Crippen molar-refractivity contribution in [1.82, 2.24) is 19.8 Å². The zero-order valence-electron chi connectivity index (χ0n) is 20.0. The predicted octanol–water partition coefficient (Wildman–Crippen LogP) is 3.69. The Morgan fingerprint density at radius 3 is 2.74 bits per heavy atom. The van der Waals surface area contributed by atoms with Crippen LogP contribution in [0.2, 0.25) is 0 Å². The number of morpholine rings is 1. The van der Waals surface area contributed by atoms with Crippen LogP contribution in [0.4, 0.5) is 13.2 Å². The fraction of sp³-hybridized carbons (Fsp3) is 0.667. The molecule has 0 radical (unpaired) electrons. The average Bonchev–Trinajstić information content (AvgIpc) is 3.58. The zero-order chi connectivity index (χ0) is 24.5. The van der Waals surface area contributed by atoms with E-state index in [-0.39, 0.29) is 24.5 Å². The summed E-state index contributed by atoms with van der Waals surface area (Å²) in [5.74, 6) is -0.0893. The summed E-state index contributed by atoms with van der Waals surface area (Å²) in [5, 5.41) is 3.70. The Bertz CT molecular complexity index is 1010. The van der Waals surface area contributed by atoms with Gasteiger partial charge in [0.15, 0.2) is 0 Å². The molecule has 10 heteroatoms.